The normalized spacial score (nSPS) is 14.5. The summed E-state index contributed by atoms with van der Waals surface area (Å²) >= 11 is 6.12. The molecule has 33 heavy (non-hydrogen) atoms. The third-order valence-corrected chi connectivity index (χ3v) is 7.59. The van der Waals surface area contributed by atoms with E-state index < -0.39 is 27.6 Å². The van der Waals surface area contributed by atoms with Crippen LogP contribution in [0.15, 0.2) is 51.9 Å². The minimum Gasteiger partial charge on any atom is -0.441 e. The van der Waals surface area contributed by atoms with E-state index in [1.165, 1.54) is 34.8 Å². The van der Waals surface area contributed by atoms with Crippen molar-refractivity contribution in [2.45, 2.75) is 30.6 Å². The van der Waals surface area contributed by atoms with Crippen LogP contribution in [-0.2, 0) is 21.2 Å². The Morgan fingerprint density at radius 1 is 1.15 bits per heavy atom. The van der Waals surface area contributed by atoms with Crippen LogP contribution in [0.1, 0.15) is 25.2 Å². The quantitative estimate of drug-likeness (QED) is 0.516. The number of carbonyl (C=O) groups excluding carboxylic acids is 1. The van der Waals surface area contributed by atoms with Crippen LogP contribution < -0.4 is 5.32 Å². The van der Waals surface area contributed by atoms with E-state index >= 15 is 0 Å². The Morgan fingerprint density at radius 2 is 1.91 bits per heavy atom. The van der Waals surface area contributed by atoms with Gasteiger partial charge in [-0.1, -0.05) is 11.6 Å². The minimum atomic E-state index is -3.74. The van der Waals surface area contributed by atoms with Crippen molar-refractivity contribution in [3.63, 3.8) is 0 Å². The summed E-state index contributed by atoms with van der Waals surface area (Å²) in [5, 5.41) is 2.73. The molecule has 1 saturated heterocycles. The SMILES string of the molecule is O=C(CCc1ncc(-c2ccc(F)cc2F)o1)Nc1ccc(Cl)c(S(=O)(=O)N2CCCC2)c1. The van der Waals surface area contributed by atoms with Crippen LogP contribution in [0.2, 0.25) is 5.02 Å². The summed E-state index contributed by atoms with van der Waals surface area (Å²) in [6.07, 6.45) is 3.01. The van der Waals surface area contributed by atoms with Crippen molar-refractivity contribution in [1.29, 1.82) is 0 Å². The minimum absolute atomic E-state index is 0.0112. The van der Waals surface area contributed by atoms with Crippen LogP contribution >= 0.6 is 11.6 Å². The molecular weight excluding hydrogens is 476 g/mol. The lowest BCUT2D eigenvalue weighted by molar-refractivity contribution is -0.116. The maximum atomic E-state index is 13.9. The molecule has 174 valence electrons. The van der Waals surface area contributed by atoms with Gasteiger partial charge in [-0.2, -0.15) is 4.31 Å². The van der Waals surface area contributed by atoms with E-state index in [9.17, 15) is 22.0 Å². The third kappa shape index (κ3) is 5.23. The van der Waals surface area contributed by atoms with Crippen LogP contribution in [-0.4, -0.2) is 36.7 Å². The number of benzene rings is 2. The van der Waals surface area contributed by atoms with Crippen LogP contribution in [0.3, 0.4) is 0 Å². The molecule has 2 aromatic carbocycles. The van der Waals surface area contributed by atoms with Gasteiger partial charge < -0.3 is 9.73 Å². The van der Waals surface area contributed by atoms with E-state index in [1.54, 1.807) is 0 Å². The highest BCUT2D eigenvalue weighted by Crippen LogP contribution is 2.30. The van der Waals surface area contributed by atoms with Crippen molar-refractivity contribution in [1.82, 2.24) is 9.29 Å². The van der Waals surface area contributed by atoms with Gasteiger partial charge in [-0.25, -0.2) is 22.2 Å². The zero-order valence-electron chi connectivity index (χ0n) is 17.4. The van der Waals surface area contributed by atoms with Crippen molar-refractivity contribution >= 4 is 33.2 Å². The molecule has 0 unspecified atom stereocenters. The van der Waals surface area contributed by atoms with Gasteiger partial charge in [0.2, 0.25) is 15.9 Å². The number of oxazole rings is 1. The Kier molecular flexibility index (Phi) is 6.78. The molecule has 2 heterocycles. The first-order valence-corrected chi connectivity index (χ1v) is 12.1. The molecule has 1 amide bonds. The van der Waals surface area contributed by atoms with Gasteiger partial charge in [0, 0.05) is 37.7 Å². The maximum absolute atomic E-state index is 13.9. The number of carbonyl (C=O) groups is 1. The average molecular weight is 496 g/mol. The fourth-order valence-electron chi connectivity index (χ4n) is 3.53. The van der Waals surface area contributed by atoms with E-state index in [0.29, 0.717) is 18.8 Å². The van der Waals surface area contributed by atoms with Crippen molar-refractivity contribution in [3.8, 4) is 11.3 Å². The monoisotopic (exact) mass is 495 g/mol. The number of sulfonamides is 1. The number of rotatable bonds is 7. The first kappa shape index (κ1) is 23.3. The van der Waals surface area contributed by atoms with E-state index in [1.807, 2.05) is 0 Å². The molecule has 4 rings (SSSR count). The van der Waals surface area contributed by atoms with E-state index in [4.69, 9.17) is 16.0 Å². The van der Waals surface area contributed by atoms with Gasteiger partial charge in [0.15, 0.2) is 11.7 Å². The predicted molar refractivity (Wildman–Crippen MR) is 118 cm³/mol. The summed E-state index contributed by atoms with van der Waals surface area (Å²) in [7, 11) is -3.74. The molecule has 1 aliphatic rings. The van der Waals surface area contributed by atoms with E-state index in [-0.39, 0.29) is 40.0 Å². The second-order valence-electron chi connectivity index (χ2n) is 7.55. The zero-order chi connectivity index (χ0) is 23.6. The second-order valence-corrected chi connectivity index (χ2v) is 9.86. The van der Waals surface area contributed by atoms with Crippen LogP contribution in [0.4, 0.5) is 14.5 Å². The summed E-state index contributed by atoms with van der Waals surface area (Å²) in [6.45, 7) is 0.879. The first-order chi connectivity index (χ1) is 15.7. The fraction of sp³-hybridized carbons (Fsp3) is 0.273. The van der Waals surface area contributed by atoms with Gasteiger partial charge in [-0.3, -0.25) is 4.79 Å². The Bertz CT molecular complexity index is 1290. The number of anilines is 1. The largest absolute Gasteiger partial charge is 0.441 e. The first-order valence-electron chi connectivity index (χ1n) is 10.2. The number of hydrogen-bond acceptors (Lipinski definition) is 5. The smallest absolute Gasteiger partial charge is 0.244 e. The van der Waals surface area contributed by atoms with Gasteiger partial charge >= 0.3 is 0 Å². The van der Waals surface area contributed by atoms with Gasteiger partial charge in [-0.05, 0) is 43.2 Å². The lowest BCUT2D eigenvalue weighted by Crippen LogP contribution is -2.28. The molecule has 1 aromatic heterocycles. The molecule has 0 aliphatic carbocycles. The summed E-state index contributed by atoms with van der Waals surface area (Å²) in [4.78, 5) is 16.4. The maximum Gasteiger partial charge on any atom is 0.244 e. The van der Waals surface area contributed by atoms with Gasteiger partial charge in [0.25, 0.3) is 0 Å². The summed E-state index contributed by atoms with van der Waals surface area (Å²) in [5.74, 6) is -1.55. The summed E-state index contributed by atoms with van der Waals surface area (Å²) in [6, 6.07) is 7.39. The summed E-state index contributed by atoms with van der Waals surface area (Å²) < 4.78 is 59.5. The molecule has 0 bridgehead atoms. The van der Waals surface area contributed by atoms with E-state index in [0.717, 1.165) is 25.0 Å². The highest BCUT2D eigenvalue weighted by Gasteiger charge is 2.29. The molecule has 1 fully saturated rings. The van der Waals surface area contributed by atoms with Crippen molar-refractivity contribution in [2.75, 3.05) is 18.4 Å². The number of aryl methyl sites for hydroxylation is 1. The molecule has 0 saturated carbocycles. The molecule has 11 heteroatoms. The van der Waals surface area contributed by atoms with Crippen LogP contribution in [0.5, 0.6) is 0 Å². The fourth-order valence-corrected chi connectivity index (χ4v) is 5.55. The van der Waals surface area contributed by atoms with E-state index in [2.05, 4.69) is 10.3 Å². The Balaban J connectivity index is 1.40. The Morgan fingerprint density at radius 3 is 2.64 bits per heavy atom. The van der Waals surface area contributed by atoms with Gasteiger partial charge in [0.05, 0.1) is 16.8 Å². The average Bonchev–Trinajstić information content (AvgIpc) is 3.46. The molecular formula is C22H20ClF2N3O4S. The molecule has 1 aliphatic heterocycles. The topological polar surface area (TPSA) is 92.5 Å². The van der Waals surface area contributed by atoms with Crippen molar-refractivity contribution in [2.24, 2.45) is 0 Å². The number of hydrogen-bond donors (Lipinski definition) is 1. The molecule has 7 nitrogen and oxygen atoms in total. The second kappa shape index (κ2) is 9.58. The third-order valence-electron chi connectivity index (χ3n) is 5.21. The summed E-state index contributed by atoms with van der Waals surface area (Å²) in [5.41, 5.74) is 0.358. The van der Waals surface area contributed by atoms with Crippen LogP contribution in [0, 0.1) is 11.6 Å². The Hall–Kier alpha value is -2.82. The van der Waals surface area contributed by atoms with Gasteiger partial charge in [-0.15, -0.1) is 0 Å². The standard InChI is InChI=1S/C22H20ClF2N3O4S/c23-17-6-4-15(12-20(17)33(30,31)28-9-1-2-10-28)27-21(29)7-8-22-26-13-19(32-22)16-5-3-14(24)11-18(16)25/h3-6,11-13H,1-2,7-10H2,(H,27,29). The number of halogens is 3. The lowest BCUT2D eigenvalue weighted by Gasteiger charge is -2.17. The van der Waals surface area contributed by atoms with Crippen molar-refractivity contribution in [3.05, 3.63) is 65.1 Å². The number of aromatic nitrogens is 1. The number of amides is 1. The lowest BCUT2D eigenvalue weighted by atomic mass is 10.2. The molecule has 0 atom stereocenters. The highest BCUT2D eigenvalue weighted by molar-refractivity contribution is 7.89. The Labute approximate surface area is 194 Å². The predicted octanol–water partition coefficient (Wildman–Crippen LogP) is 4.63. The van der Waals surface area contributed by atoms with Crippen LogP contribution in [0.25, 0.3) is 11.3 Å². The number of nitrogens with zero attached hydrogens (tertiary/aromatic N) is 2. The van der Waals surface area contributed by atoms with Gasteiger partial charge in [0.1, 0.15) is 16.5 Å². The molecule has 1 N–H and O–H groups in total. The van der Waals surface area contributed by atoms with Crippen molar-refractivity contribution < 1.29 is 26.4 Å². The zero-order valence-corrected chi connectivity index (χ0v) is 18.9. The molecule has 3 aromatic rings. The highest BCUT2D eigenvalue weighted by atomic mass is 35.5. The molecule has 0 spiro atoms. The molecule has 0 radical (unpaired) electrons. The number of nitrogens with one attached hydrogen (secondary N) is 1.